The molecule has 0 heterocycles. The van der Waals surface area contributed by atoms with E-state index < -0.39 is 0 Å². The van der Waals surface area contributed by atoms with Gasteiger partial charge in [0.05, 0.1) is 18.2 Å². The van der Waals surface area contributed by atoms with Gasteiger partial charge in [0, 0.05) is 42.5 Å². The molecule has 0 aromatic heterocycles. The third-order valence-electron chi connectivity index (χ3n) is 0. The molecular formula is C6H9N3Ti. The molecule has 0 atom stereocenters. The number of nitriles is 3. The van der Waals surface area contributed by atoms with Gasteiger partial charge in [-0.25, -0.2) is 0 Å². The quantitative estimate of drug-likeness (QED) is 0.519. The van der Waals surface area contributed by atoms with Crippen molar-refractivity contribution in [2.75, 3.05) is 0 Å². The fourth-order valence-electron chi connectivity index (χ4n) is 0. The minimum absolute atomic E-state index is 0. The van der Waals surface area contributed by atoms with E-state index >= 15 is 0 Å². The molecule has 0 saturated carbocycles. The molecule has 0 aromatic rings. The van der Waals surface area contributed by atoms with E-state index in [1.807, 2.05) is 0 Å². The van der Waals surface area contributed by atoms with Crippen LogP contribution in [0.15, 0.2) is 0 Å². The maximum Gasteiger partial charge on any atom is 0.0587 e. The van der Waals surface area contributed by atoms with E-state index in [0.717, 1.165) is 0 Å². The van der Waals surface area contributed by atoms with Crippen LogP contribution in [0.25, 0.3) is 0 Å². The summed E-state index contributed by atoms with van der Waals surface area (Å²) in [5.41, 5.74) is 0. The molecule has 0 amide bonds. The second-order valence-corrected chi connectivity index (χ2v) is 0.671. The fraction of sp³-hybridized carbons (Fsp3) is 0.500. The van der Waals surface area contributed by atoms with Crippen LogP contribution in [0.2, 0.25) is 0 Å². The molecule has 0 bridgehead atoms. The van der Waals surface area contributed by atoms with Gasteiger partial charge in [-0.3, -0.25) is 0 Å². The third kappa shape index (κ3) is 413. The Balaban J connectivity index is -0.0000000257. The first-order valence-electron chi connectivity index (χ1n) is 2.17. The zero-order valence-corrected chi connectivity index (χ0v) is 7.90. The molecule has 0 aliphatic rings. The zero-order chi connectivity index (χ0) is 8.12. The molecule has 0 radical (unpaired) electrons. The summed E-state index contributed by atoms with van der Waals surface area (Å²) in [5, 5.41) is 22.0. The van der Waals surface area contributed by atoms with Gasteiger partial charge in [0.2, 0.25) is 0 Å². The Morgan fingerprint density at radius 2 is 0.700 bits per heavy atom. The van der Waals surface area contributed by atoms with Crippen molar-refractivity contribution in [1.82, 2.24) is 0 Å². The molecule has 3 nitrogen and oxygen atoms in total. The first-order valence-corrected chi connectivity index (χ1v) is 2.17. The van der Waals surface area contributed by atoms with E-state index in [4.69, 9.17) is 15.8 Å². The normalized spacial score (nSPS) is 2.40. The Hall–Kier alpha value is -0.816. The minimum Gasteiger partial charge on any atom is -0.199 e. The van der Waals surface area contributed by atoms with Crippen LogP contribution in [-0.2, 0) is 21.7 Å². The maximum absolute atomic E-state index is 7.32. The van der Waals surface area contributed by atoms with Gasteiger partial charge in [0.1, 0.15) is 0 Å². The molecule has 52 valence electrons. The SMILES string of the molecule is CC#N.CC#N.CC#N.[Ti]. The Morgan fingerprint density at radius 1 is 0.700 bits per heavy atom. The van der Waals surface area contributed by atoms with Crippen molar-refractivity contribution in [1.29, 1.82) is 15.8 Å². The van der Waals surface area contributed by atoms with Crippen LogP contribution in [0, 0.1) is 34.0 Å². The summed E-state index contributed by atoms with van der Waals surface area (Å²) in [7, 11) is 0. The van der Waals surface area contributed by atoms with E-state index in [1.165, 1.54) is 20.8 Å². The molecule has 0 unspecified atom stereocenters. The summed E-state index contributed by atoms with van der Waals surface area (Å²) >= 11 is 0. The zero-order valence-electron chi connectivity index (χ0n) is 6.34. The van der Waals surface area contributed by atoms with Crippen LogP contribution in [0.4, 0.5) is 0 Å². The average Bonchev–Trinajstić information content (AvgIpc) is 1.70. The van der Waals surface area contributed by atoms with E-state index in [-0.39, 0.29) is 21.7 Å². The number of rotatable bonds is 0. The predicted octanol–water partition coefficient (Wildman–Crippen LogP) is 1.59. The number of hydrogen-bond acceptors (Lipinski definition) is 3. The monoisotopic (exact) mass is 171 g/mol. The average molecular weight is 171 g/mol. The van der Waals surface area contributed by atoms with Crippen LogP contribution in [0.5, 0.6) is 0 Å². The number of hydrogen-bond donors (Lipinski definition) is 0. The largest absolute Gasteiger partial charge is 0.199 e. The van der Waals surface area contributed by atoms with Crippen LogP contribution in [0.1, 0.15) is 20.8 Å². The number of nitrogens with zero attached hydrogens (tertiary/aromatic N) is 3. The molecule has 4 heteroatoms. The van der Waals surface area contributed by atoms with Gasteiger partial charge < -0.3 is 0 Å². The topological polar surface area (TPSA) is 71.4 Å². The minimum atomic E-state index is 0. The smallest absolute Gasteiger partial charge is 0.0587 e. The Bertz CT molecular complexity index is 106. The molecule has 0 aliphatic carbocycles. The molecule has 10 heavy (non-hydrogen) atoms. The maximum atomic E-state index is 7.32. The Labute approximate surface area is 76.8 Å². The molecule has 0 N–H and O–H groups in total. The van der Waals surface area contributed by atoms with Crippen LogP contribution in [0.3, 0.4) is 0 Å². The second kappa shape index (κ2) is 88.5. The summed E-state index contributed by atoms with van der Waals surface area (Å²) in [6.07, 6.45) is 0. The van der Waals surface area contributed by atoms with Gasteiger partial charge in [-0.15, -0.1) is 0 Å². The summed E-state index contributed by atoms with van der Waals surface area (Å²) in [4.78, 5) is 0. The predicted molar refractivity (Wildman–Crippen MR) is 33.9 cm³/mol. The van der Waals surface area contributed by atoms with Gasteiger partial charge in [-0.2, -0.15) is 15.8 Å². The van der Waals surface area contributed by atoms with Crippen molar-refractivity contribution < 1.29 is 21.7 Å². The third-order valence-corrected chi connectivity index (χ3v) is 0. The van der Waals surface area contributed by atoms with Gasteiger partial charge in [0.25, 0.3) is 0 Å². The summed E-state index contributed by atoms with van der Waals surface area (Å²) in [6, 6.07) is 5.25. The fourth-order valence-corrected chi connectivity index (χ4v) is 0. The van der Waals surface area contributed by atoms with Crippen LogP contribution in [-0.4, -0.2) is 0 Å². The first-order chi connectivity index (χ1) is 4.24. The van der Waals surface area contributed by atoms with E-state index in [9.17, 15) is 0 Å². The van der Waals surface area contributed by atoms with Crippen LogP contribution < -0.4 is 0 Å². The standard InChI is InChI=1S/3C2H3N.Ti/c3*1-2-3;/h3*1H3;. The van der Waals surface area contributed by atoms with Gasteiger partial charge in [-0.05, 0) is 0 Å². The molecule has 0 saturated heterocycles. The van der Waals surface area contributed by atoms with Gasteiger partial charge >= 0.3 is 0 Å². The van der Waals surface area contributed by atoms with Crippen molar-refractivity contribution in [2.24, 2.45) is 0 Å². The van der Waals surface area contributed by atoms with E-state index in [0.29, 0.717) is 0 Å². The summed E-state index contributed by atoms with van der Waals surface area (Å²) in [6.45, 7) is 4.29. The molecule has 0 aliphatic heterocycles. The van der Waals surface area contributed by atoms with Gasteiger partial charge in [0.15, 0.2) is 0 Å². The van der Waals surface area contributed by atoms with Crippen molar-refractivity contribution in [3.63, 3.8) is 0 Å². The van der Waals surface area contributed by atoms with E-state index in [1.54, 1.807) is 18.2 Å². The Morgan fingerprint density at radius 3 is 0.700 bits per heavy atom. The van der Waals surface area contributed by atoms with Crippen molar-refractivity contribution >= 4 is 0 Å². The second-order valence-electron chi connectivity index (χ2n) is 0.671. The molecular weight excluding hydrogens is 162 g/mol. The van der Waals surface area contributed by atoms with Gasteiger partial charge in [-0.1, -0.05) is 0 Å². The Kier molecular flexibility index (Phi) is 203. The molecule has 0 fully saturated rings. The van der Waals surface area contributed by atoms with Crippen molar-refractivity contribution in [3.8, 4) is 18.2 Å². The molecule has 0 rings (SSSR count). The molecule has 0 aromatic carbocycles. The first kappa shape index (κ1) is 22.9. The molecule has 0 spiro atoms. The van der Waals surface area contributed by atoms with Crippen molar-refractivity contribution in [3.05, 3.63) is 0 Å². The van der Waals surface area contributed by atoms with Crippen molar-refractivity contribution in [2.45, 2.75) is 20.8 Å². The van der Waals surface area contributed by atoms with E-state index in [2.05, 4.69) is 0 Å². The summed E-state index contributed by atoms with van der Waals surface area (Å²) in [5.74, 6) is 0. The summed E-state index contributed by atoms with van der Waals surface area (Å²) < 4.78 is 0. The van der Waals surface area contributed by atoms with Crippen LogP contribution >= 0.6 is 0 Å².